The van der Waals surface area contributed by atoms with Crippen molar-refractivity contribution < 1.29 is 4.79 Å². The van der Waals surface area contributed by atoms with E-state index >= 15 is 0 Å². The van der Waals surface area contributed by atoms with Gasteiger partial charge in [0.25, 0.3) is 0 Å². The van der Waals surface area contributed by atoms with Crippen LogP contribution in [0.4, 0.5) is 10.5 Å². The number of para-hydroxylation sites is 1. The van der Waals surface area contributed by atoms with Crippen molar-refractivity contribution in [3.05, 3.63) is 29.8 Å². The van der Waals surface area contributed by atoms with Gasteiger partial charge in [-0.3, -0.25) is 4.90 Å². The molecule has 2 aliphatic rings. The highest BCUT2D eigenvalue weighted by atomic mass is 16.2. The van der Waals surface area contributed by atoms with E-state index in [1.54, 1.807) is 0 Å². The number of urea groups is 1. The average Bonchev–Trinajstić information content (AvgIpc) is 3.08. The van der Waals surface area contributed by atoms with Gasteiger partial charge in [-0.25, -0.2) is 4.79 Å². The van der Waals surface area contributed by atoms with Crippen molar-refractivity contribution in [1.29, 1.82) is 0 Å². The number of nitrogens with zero attached hydrogens (tertiary/aromatic N) is 3. The standard InChI is InChI=1S/C19H30N4O/c1-21(2)17-10-13-23(15-17)19(24)20-18-9-5-4-8-16(18)14-22-11-6-3-7-12-22/h4-5,8-9,17H,3,6-7,10-15H2,1-2H3,(H,20,24)/t17-/m0/s1. The number of likely N-dealkylation sites (tertiary alicyclic amines) is 2. The Morgan fingerprint density at radius 3 is 2.62 bits per heavy atom. The van der Waals surface area contributed by atoms with Crippen LogP contribution >= 0.6 is 0 Å². The van der Waals surface area contributed by atoms with Crippen molar-refractivity contribution in [2.45, 2.75) is 38.3 Å². The molecule has 0 saturated carbocycles. The van der Waals surface area contributed by atoms with Gasteiger partial charge in [-0.05, 0) is 58.1 Å². The van der Waals surface area contributed by atoms with Crippen LogP contribution in [0.2, 0.25) is 0 Å². The lowest BCUT2D eigenvalue weighted by molar-refractivity contribution is 0.215. The number of carbonyl (C=O) groups is 1. The van der Waals surface area contributed by atoms with E-state index in [0.29, 0.717) is 6.04 Å². The van der Waals surface area contributed by atoms with Gasteiger partial charge in [-0.1, -0.05) is 24.6 Å². The molecule has 0 spiro atoms. The molecule has 24 heavy (non-hydrogen) atoms. The predicted octanol–water partition coefficient (Wildman–Crippen LogP) is 2.84. The average molecular weight is 330 g/mol. The Balaban J connectivity index is 1.61. The van der Waals surface area contributed by atoms with Crippen LogP contribution in [0.3, 0.4) is 0 Å². The maximum absolute atomic E-state index is 12.6. The molecule has 132 valence electrons. The monoisotopic (exact) mass is 330 g/mol. The molecule has 1 N–H and O–H groups in total. The molecule has 2 amide bonds. The van der Waals surface area contributed by atoms with Crippen LogP contribution in [0, 0.1) is 0 Å². The minimum atomic E-state index is 0.0328. The Morgan fingerprint density at radius 2 is 1.92 bits per heavy atom. The van der Waals surface area contributed by atoms with Gasteiger partial charge in [0.2, 0.25) is 0 Å². The fraction of sp³-hybridized carbons (Fsp3) is 0.632. The molecule has 1 atom stereocenters. The van der Waals surface area contributed by atoms with Crippen LogP contribution in [0.25, 0.3) is 0 Å². The Bertz CT molecular complexity index is 554. The summed E-state index contributed by atoms with van der Waals surface area (Å²) in [6.45, 7) is 4.91. The number of piperidine rings is 1. The number of hydrogen-bond acceptors (Lipinski definition) is 3. The first kappa shape index (κ1) is 17.2. The Hall–Kier alpha value is -1.59. The summed E-state index contributed by atoms with van der Waals surface area (Å²) in [5.41, 5.74) is 2.18. The molecule has 2 saturated heterocycles. The van der Waals surface area contributed by atoms with Crippen LogP contribution in [0.5, 0.6) is 0 Å². The molecule has 0 aliphatic carbocycles. The van der Waals surface area contributed by atoms with Crippen molar-refractivity contribution >= 4 is 11.7 Å². The third-order valence-corrected chi connectivity index (χ3v) is 5.28. The Labute approximate surface area is 145 Å². The summed E-state index contributed by atoms with van der Waals surface area (Å²) in [4.78, 5) is 19.2. The summed E-state index contributed by atoms with van der Waals surface area (Å²) in [5.74, 6) is 0. The predicted molar refractivity (Wildman–Crippen MR) is 98.3 cm³/mol. The first-order valence-corrected chi connectivity index (χ1v) is 9.16. The van der Waals surface area contributed by atoms with E-state index in [2.05, 4.69) is 41.3 Å². The Kier molecular flexibility index (Phi) is 5.74. The maximum atomic E-state index is 12.6. The second-order valence-corrected chi connectivity index (χ2v) is 7.28. The zero-order valence-electron chi connectivity index (χ0n) is 15.0. The molecular weight excluding hydrogens is 300 g/mol. The molecule has 5 heteroatoms. The molecule has 2 heterocycles. The lowest BCUT2D eigenvalue weighted by Crippen LogP contribution is -2.37. The summed E-state index contributed by atoms with van der Waals surface area (Å²) in [7, 11) is 4.17. The topological polar surface area (TPSA) is 38.8 Å². The number of nitrogens with one attached hydrogen (secondary N) is 1. The van der Waals surface area contributed by atoms with Crippen molar-refractivity contribution in [2.75, 3.05) is 45.6 Å². The van der Waals surface area contributed by atoms with Gasteiger partial charge in [0.15, 0.2) is 0 Å². The fourth-order valence-corrected chi connectivity index (χ4v) is 3.68. The highest BCUT2D eigenvalue weighted by Gasteiger charge is 2.27. The summed E-state index contributed by atoms with van der Waals surface area (Å²) in [6, 6.07) is 8.73. The van der Waals surface area contributed by atoms with E-state index in [1.807, 2.05) is 17.0 Å². The number of anilines is 1. The first-order valence-electron chi connectivity index (χ1n) is 9.16. The zero-order chi connectivity index (χ0) is 16.9. The summed E-state index contributed by atoms with van der Waals surface area (Å²) >= 11 is 0. The molecule has 1 aromatic rings. The number of benzene rings is 1. The lowest BCUT2D eigenvalue weighted by Gasteiger charge is -2.27. The molecular formula is C19H30N4O. The SMILES string of the molecule is CN(C)[C@H]1CCN(C(=O)Nc2ccccc2CN2CCCCC2)C1. The van der Waals surface area contributed by atoms with Gasteiger partial charge >= 0.3 is 6.03 Å². The second-order valence-electron chi connectivity index (χ2n) is 7.28. The lowest BCUT2D eigenvalue weighted by atomic mass is 10.1. The minimum absolute atomic E-state index is 0.0328. The van der Waals surface area contributed by atoms with E-state index < -0.39 is 0 Å². The van der Waals surface area contributed by atoms with E-state index in [4.69, 9.17) is 0 Å². The van der Waals surface area contributed by atoms with E-state index in [-0.39, 0.29) is 6.03 Å². The van der Waals surface area contributed by atoms with E-state index in [1.165, 1.54) is 37.9 Å². The number of hydrogen-bond donors (Lipinski definition) is 1. The molecule has 0 bridgehead atoms. The van der Waals surface area contributed by atoms with Gasteiger partial charge in [-0.2, -0.15) is 0 Å². The molecule has 2 fully saturated rings. The van der Waals surface area contributed by atoms with Gasteiger partial charge in [0.1, 0.15) is 0 Å². The van der Waals surface area contributed by atoms with Crippen molar-refractivity contribution in [1.82, 2.24) is 14.7 Å². The highest BCUT2D eigenvalue weighted by Crippen LogP contribution is 2.21. The largest absolute Gasteiger partial charge is 0.323 e. The summed E-state index contributed by atoms with van der Waals surface area (Å²) in [5, 5.41) is 3.14. The summed E-state index contributed by atoms with van der Waals surface area (Å²) in [6.07, 6.45) is 4.97. The molecule has 2 aliphatic heterocycles. The smallest absolute Gasteiger partial charge is 0.321 e. The number of rotatable bonds is 4. The minimum Gasteiger partial charge on any atom is -0.323 e. The highest BCUT2D eigenvalue weighted by molar-refractivity contribution is 5.90. The van der Waals surface area contributed by atoms with Gasteiger partial charge in [-0.15, -0.1) is 0 Å². The number of amides is 2. The molecule has 3 rings (SSSR count). The van der Waals surface area contributed by atoms with Gasteiger partial charge in [0, 0.05) is 31.4 Å². The van der Waals surface area contributed by atoms with Crippen LogP contribution in [-0.4, -0.2) is 67.0 Å². The summed E-state index contributed by atoms with van der Waals surface area (Å²) < 4.78 is 0. The number of likely N-dealkylation sites (N-methyl/N-ethyl adjacent to an activating group) is 1. The zero-order valence-corrected chi connectivity index (χ0v) is 15.0. The second kappa shape index (κ2) is 7.99. The van der Waals surface area contributed by atoms with Crippen LogP contribution in [0.15, 0.2) is 24.3 Å². The third-order valence-electron chi connectivity index (χ3n) is 5.28. The van der Waals surface area contributed by atoms with Gasteiger partial charge in [0.05, 0.1) is 0 Å². The van der Waals surface area contributed by atoms with Gasteiger partial charge < -0.3 is 15.1 Å². The number of carbonyl (C=O) groups excluding carboxylic acids is 1. The van der Waals surface area contributed by atoms with E-state index in [0.717, 1.165) is 31.7 Å². The molecule has 0 radical (unpaired) electrons. The molecule has 0 unspecified atom stereocenters. The first-order chi connectivity index (χ1) is 11.6. The fourth-order valence-electron chi connectivity index (χ4n) is 3.68. The molecule has 0 aromatic heterocycles. The van der Waals surface area contributed by atoms with Crippen LogP contribution < -0.4 is 5.32 Å². The normalized spacial score (nSPS) is 22.1. The quantitative estimate of drug-likeness (QED) is 0.923. The van der Waals surface area contributed by atoms with Crippen LogP contribution in [-0.2, 0) is 6.54 Å². The maximum Gasteiger partial charge on any atom is 0.321 e. The van der Waals surface area contributed by atoms with Crippen molar-refractivity contribution in [3.8, 4) is 0 Å². The molecule has 5 nitrogen and oxygen atoms in total. The van der Waals surface area contributed by atoms with Crippen LogP contribution in [0.1, 0.15) is 31.2 Å². The molecule has 1 aromatic carbocycles. The van der Waals surface area contributed by atoms with E-state index in [9.17, 15) is 4.79 Å². The van der Waals surface area contributed by atoms with Crippen molar-refractivity contribution in [3.63, 3.8) is 0 Å². The third kappa shape index (κ3) is 4.28. The Morgan fingerprint density at radius 1 is 1.17 bits per heavy atom. The van der Waals surface area contributed by atoms with Crippen molar-refractivity contribution in [2.24, 2.45) is 0 Å².